The molecule has 0 aliphatic heterocycles. The summed E-state index contributed by atoms with van der Waals surface area (Å²) in [5.74, 6) is 0.0319. The normalized spacial score (nSPS) is 11.9. The third-order valence-electron chi connectivity index (χ3n) is 7.43. The molecule has 2 atom stereocenters. The number of aliphatic hydroxyl groups is 2. The van der Waals surface area contributed by atoms with E-state index in [0.717, 1.165) is 40.7 Å². The molecule has 0 saturated carbocycles. The van der Waals surface area contributed by atoms with Gasteiger partial charge in [-0.15, -0.1) is 0 Å². The molecule has 3 heteroatoms. The van der Waals surface area contributed by atoms with Crippen molar-refractivity contribution in [1.29, 1.82) is 0 Å². The molecule has 0 aliphatic rings. The summed E-state index contributed by atoms with van der Waals surface area (Å²) in [6, 6.07) is 58.7. The Kier molecular flexibility index (Phi) is 15.1. The number of hydrogen-bond acceptors (Lipinski definition) is 3. The zero-order valence-corrected chi connectivity index (χ0v) is 27.0. The molecular weight excluding hydrogens is 588 g/mol. The first-order valence-electron chi connectivity index (χ1n) is 16.1. The molecule has 240 valence electrons. The summed E-state index contributed by atoms with van der Waals surface area (Å²) in [6.07, 6.45) is 7.94. The first kappa shape index (κ1) is 35.2. The van der Waals surface area contributed by atoms with E-state index in [-0.39, 0.29) is 11.9 Å². The zero-order valence-electron chi connectivity index (χ0n) is 27.0. The minimum atomic E-state index is -0.540. The van der Waals surface area contributed by atoms with Crippen molar-refractivity contribution in [2.45, 2.75) is 25.0 Å². The molecule has 3 nitrogen and oxygen atoms in total. The standard InChI is InChI=1S/C15H16O.C15H14O.C15H12O/c3*16-15(14-9-5-2-6-10-14)12-11-13-7-3-1-4-8-13/h1-10,15-16H,11-12H2;1-12,15-16H;1-12H/b;2*12-11+. The van der Waals surface area contributed by atoms with Gasteiger partial charge in [-0.3, -0.25) is 4.79 Å². The van der Waals surface area contributed by atoms with Crippen LogP contribution in [0.2, 0.25) is 0 Å². The Balaban J connectivity index is 0.000000163. The number of benzene rings is 6. The zero-order chi connectivity index (χ0) is 33.7. The van der Waals surface area contributed by atoms with Crippen LogP contribution < -0.4 is 0 Å². The van der Waals surface area contributed by atoms with Crippen LogP contribution >= 0.6 is 0 Å². The van der Waals surface area contributed by atoms with E-state index in [2.05, 4.69) is 12.1 Å². The van der Waals surface area contributed by atoms with Crippen molar-refractivity contribution in [2.24, 2.45) is 0 Å². The van der Waals surface area contributed by atoms with Crippen molar-refractivity contribution in [3.8, 4) is 0 Å². The summed E-state index contributed by atoms with van der Waals surface area (Å²) < 4.78 is 0. The van der Waals surface area contributed by atoms with Gasteiger partial charge in [0, 0.05) is 5.56 Å². The molecule has 0 fully saturated rings. The van der Waals surface area contributed by atoms with E-state index in [9.17, 15) is 15.0 Å². The molecular formula is C45H42O3. The van der Waals surface area contributed by atoms with Crippen molar-refractivity contribution in [1.82, 2.24) is 0 Å². The van der Waals surface area contributed by atoms with Gasteiger partial charge in [-0.25, -0.2) is 0 Å². The summed E-state index contributed by atoms with van der Waals surface area (Å²) in [7, 11) is 0. The summed E-state index contributed by atoms with van der Waals surface area (Å²) in [4.78, 5) is 11.7. The minimum Gasteiger partial charge on any atom is -0.388 e. The Bertz CT molecular complexity index is 1770. The van der Waals surface area contributed by atoms with E-state index >= 15 is 0 Å². The van der Waals surface area contributed by atoms with Gasteiger partial charge in [0.1, 0.15) is 0 Å². The van der Waals surface area contributed by atoms with Crippen molar-refractivity contribution >= 4 is 17.9 Å². The van der Waals surface area contributed by atoms with Crippen LogP contribution in [0.1, 0.15) is 56.8 Å². The number of hydrogen-bond donors (Lipinski definition) is 2. The lowest BCUT2D eigenvalue weighted by Crippen LogP contribution is -1.99. The fourth-order valence-corrected chi connectivity index (χ4v) is 4.75. The second-order valence-electron chi connectivity index (χ2n) is 11.1. The maximum atomic E-state index is 11.7. The summed E-state index contributed by atoms with van der Waals surface area (Å²) in [5.41, 5.74) is 6.03. The number of carbonyl (C=O) groups excluding carboxylic acids is 1. The number of carbonyl (C=O) groups is 1. The van der Waals surface area contributed by atoms with Gasteiger partial charge in [-0.2, -0.15) is 0 Å². The Morgan fingerprint density at radius 2 is 0.917 bits per heavy atom. The molecule has 2 unspecified atom stereocenters. The van der Waals surface area contributed by atoms with Gasteiger partial charge >= 0.3 is 0 Å². The van der Waals surface area contributed by atoms with Gasteiger partial charge in [-0.05, 0) is 46.7 Å². The number of allylic oxidation sites excluding steroid dienone is 1. The van der Waals surface area contributed by atoms with Crippen LogP contribution in [0.25, 0.3) is 12.2 Å². The lowest BCUT2D eigenvalue weighted by molar-refractivity contribution is 0.104. The molecule has 0 saturated heterocycles. The molecule has 0 radical (unpaired) electrons. The van der Waals surface area contributed by atoms with Gasteiger partial charge in [-0.1, -0.05) is 200 Å². The van der Waals surface area contributed by atoms with Gasteiger partial charge in [0.2, 0.25) is 0 Å². The highest BCUT2D eigenvalue weighted by Gasteiger charge is 2.06. The fourth-order valence-electron chi connectivity index (χ4n) is 4.75. The molecule has 0 heterocycles. The van der Waals surface area contributed by atoms with E-state index in [1.807, 2.05) is 182 Å². The van der Waals surface area contributed by atoms with Crippen molar-refractivity contribution in [2.75, 3.05) is 0 Å². The molecule has 0 aromatic heterocycles. The average molecular weight is 631 g/mol. The predicted molar refractivity (Wildman–Crippen MR) is 199 cm³/mol. The van der Waals surface area contributed by atoms with Gasteiger partial charge < -0.3 is 10.2 Å². The van der Waals surface area contributed by atoms with Crippen LogP contribution in [-0.2, 0) is 6.42 Å². The molecule has 0 spiro atoms. The number of rotatable bonds is 10. The second kappa shape index (κ2) is 20.5. The third-order valence-corrected chi connectivity index (χ3v) is 7.43. The van der Waals surface area contributed by atoms with Crippen LogP contribution in [0.5, 0.6) is 0 Å². The quantitative estimate of drug-likeness (QED) is 0.117. The molecule has 2 N–H and O–H groups in total. The van der Waals surface area contributed by atoms with Crippen LogP contribution in [0.3, 0.4) is 0 Å². The maximum absolute atomic E-state index is 11.7. The van der Waals surface area contributed by atoms with Gasteiger partial charge in [0.15, 0.2) is 5.78 Å². The molecule has 0 amide bonds. The highest BCUT2D eigenvalue weighted by atomic mass is 16.3. The Labute approximate surface area is 284 Å². The number of ketones is 1. The monoisotopic (exact) mass is 630 g/mol. The van der Waals surface area contributed by atoms with Crippen molar-refractivity contribution < 1.29 is 15.0 Å². The topological polar surface area (TPSA) is 57.5 Å². The largest absolute Gasteiger partial charge is 0.388 e. The Morgan fingerprint density at radius 3 is 1.44 bits per heavy atom. The van der Waals surface area contributed by atoms with E-state index in [1.54, 1.807) is 12.2 Å². The molecule has 48 heavy (non-hydrogen) atoms. The minimum absolute atomic E-state index is 0.0319. The van der Waals surface area contributed by atoms with E-state index < -0.39 is 6.10 Å². The van der Waals surface area contributed by atoms with Crippen LogP contribution in [0.15, 0.2) is 194 Å². The molecule has 0 aliphatic carbocycles. The van der Waals surface area contributed by atoms with Crippen LogP contribution in [0, 0.1) is 0 Å². The highest BCUT2D eigenvalue weighted by Crippen LogP contribution is 2.18. The number of aliphatic hydroxyl groups excluding tert-OH is 2. The van der Waals surface area contributed by atoms with Crippen LogP contribution in [0.4, 0.5) is 0 Å². The van der Waals surface area contributed by atoms with E-state index in [0.29, 0.717) is 0 Å². The molecule has 0 bridgehead atoms. The molecule has 6 aromatic rings. The maximum Gasteiger partial charge on any atom is 0.185 e. The lowest BCUT2D eigenvalue weighted by Gasteiger charge is -2.10. The van der Waals surface area contributed by atoms with Crippen molar-refractivity contribution in [3.63, 3.8) is 0 Å². The van der Waals surface area contributed by atoms with Gasteiger partial charge in [0.25, 0.3) is 0 Å². The molecule has 6 rings (SSSR count). The lowest BCUT2D eigenvalue weighted by atomic mass is 10.0. The summed E-state index contributed by atoms with van der Waals surface area (Å²) >= 11 is 0. The SMILES string of the molecule is O=C(/C=C/c1ccccc1)c1ccccc1.OC(/C=C/c1ccccc1)c1ccccc1.OC(CCc1ccccc1)c1ccccc1. The first-order valence-corrected chi connectivity index (χ1v) is 16.1. The van der Waals surface area contributed by atoms with Gasteiger partial charge in [0.05, 0.1) is 12.2 Å². The molecule has 6 aromatic carbocycles. The first-order chi connectivity index (χ1) is 23.6. The second-order valence-corrected chi connectivity index (χ2v) is 11.1. The van der Waals surface area contributed by atoms with Crippen molar-refractivity contribution in [3.05, 3.63) is 228 Å². The summed E-state index contributed by atoms with van der Waals surface area (Å²) in [6.45, 7) is 0. The smallest absolute Gasteiger partial charge is 0.185 e. The van der Waals surface area contributed by atoms with E-state index in [4.69, 9.17) is 0 Å². The predicted octanol–water partition coefficient (Wildman–Crippen LogP) is 10.4. The number of aryl methyl sites for hydroxylation is 1. The van der Waals surface area contributed by atoms with Crippen LogP contribution in [-0.4, -0.2) is 16.0 Å². The highest BCUT2D eigenvalue weighted by molar-refractivity contribution is 6.06. The Hall–Kier alpha value is -5.61. The van der Waals surface area contributed by atoms with E-state index in [1.165, 1.54) is 5.56 Å². The average Bonchev–Trinajstić information content (AvgIpc) is 3.18. The summed E-state index contributed by atoms with van der Waals surface area (Å²) in [5, 5.41) is 19.9. The third kappa shape index (κ3) is 13.0. The Morgan fingerprint density at radius 1 is 0.500 bits per heavy atom. The fraction of sp³-hybridized carbons (Fsp3) is 0.0889.